The van der Waals surface area contributed by atoms with Crippen LogP contribution in [-0.2, 0) is 6.54 Å². The summed E-state index contributed by atoms with van der Waals surface area (Å²) in [6, 6.07) is 0.114. The minimum absolute atomic E-state index is 0.114. The van der Waals surface area contributed by atoms with E-state index in [2.05, 4.69) is 10.00 Å². The van der Waals surface area contributed by atoms with Gasteiger partial charge in [-0.25, -0.2) is 4.68 Å². The highest BCUT2D eigenvalue weighted by atomic mass is 16.6. The summed E-state index contributed by atoms with van der Waals surface area (Å²) in [5.74, 6) is 1.02. The first-order chi connectivity index (χ1) is 8.95. The number of hydrogen-bond donors (Lipinski definition) is 1. The summed E-state index contributed by atoms with van der Waals surface area (Å²) in [7, 11) is 0. The van der Waals surface area contributed by atoms with Gasteiger partial charge in [0.1, 0.15) is 5.69 Å². The van der Waals surface area contributed by atoms with Crippen LogP contribution in [0.3, 0.4) is 0 Å². The van der Waals surface area contributed by atoms with E-state index in [1.807, 2.05) is 13.8 Å². The van der Waals surface area contributed by atoms with Crippen LogP contribution in [0.5, 0.6) is 0 Å². The second-order valence-electron chi connectivity index (χ2n) is 5.18. The van der Waals surface area contributed by atoms with E-state index in [1.165, 1.54) is 0 Å². The average Bonchev–Trinajstić information content (AvgIpc) is 2.91. The second-order valence-corrected chi connectivity index (χ2v) is 5.18. The van der Waals surface area contributed by atoms with Crippen molar-refractivity contribution in [3.05, 3.63) is 15.8 Å². The number of hydrogen-bond acceptors (Lipinski definition) is 5. The molecular formula is C12H21N5O2. The first kappa shape index (κ1) is 13.8. The molecular weight excluding hydrogens is 246 g/mol. The third kappa shape index (κ3) is 2.42. The van der Waals surface area contributed by atoms with Gasteiger partial charge in [0.25, 0.3) is 0 Å². The normalized spacial score (nSPS) is 20.8. The molecule has 1 aliphatic rings. The lowest BCUT2D eigenvalue weighted by atomic mass is 10.0. The SMILES string of the molecule is CCn1nc(C)c([N+](=O)[O-])c1N1CCC(C(C)N)C1. The lowest BCUT2D eigenvalue weighted by molar-refractivity contribution is -0.384. The molecule has 0 radical (unpaired) electrons. The Labute approximate surface area is 112 Å². The third-order valence-corrected chi connectivity index (χ3v) is 3.82. The van der Waals surface area contributed by atoms with Crippen molar-refractivity contribution in [2.75, 3.05) is 18.0 Å². The first-order valence-corrected chi connectivity index (χ1v) is 6.68. The van der Waals surface area contributed by atoms with E-state index in [1.54, 1.807) is 11.6 Å². The molecule has 2 heterocycles. The number of rotatable bonds is 4. The van der Waals surface area contributed by atoms with Crippen LogP contribution < -0.4 is 10.6 Å². The lowest BCUT2D eigenvalue weighted by Gasteiger charge is -2.19. The van der Waals surface area contributed by atoms with Crippen molar-refractivity contribution < 1.29 is 4.92 Å². The van der Waals surface area contributed by atoms with Crippen molar-refractivity contribution in [3.63, 3.8) is 0 Å². The fraction of sp³-hybridized carbons (Fsp3) is 0.750. The van der Waals surface area contributed by atoms with Gasteiger partial charge < -0.3 is 10.6 Å². The van der Waals surface area contributed by atoms with Crippen molar-refractivity contribution >= 4 is 11.5 Å². The molecule has 0 saturated carbocycles. The van der Waals surface area contributed by atoms with Gasteiger partial charge in [-0.2, -0.15) is 5.10 Å². The predicted molar refractivity (Wildman–Crippen MR) is 73.3 cm³/mol. The number of nitrogens with zero attached hydrogens (tertiary/aromatic N) is 4. The molecule has 1 saturated heterocycles. The molecule has 2 unspecified atom stereocenters. The summed E-state index contributed by atoms with van der Waals surface area (Å²) in [5, 5.41) is 15.5. The van der Waals surface area contributed by atoms with Crippen LogP contribution in [0.25, 0.3) is 0 Å². The maximum atomic E-state index is 11.2. The van der Waals surface area contributed by atoms with E-state index >= 15 is 0 Å². The maximum Gasteiger partial charge on any atom is 0.333 e. The molecule has 1 fully saturated rings. The van der Waals surface area contributed by atoms with E-state index in [-0.39, 0.29) is 16.7 Å². The van der Waals surface area contributed by atoms with Crippen LogP contribution in [0, 0.1) is 23.0 Å². The van der Waals surface area contributed by atoms with Gasteiger partial charge in [0.2, 0.25) is 5.82 Å². The highest BCUT2D eigenvalue weighted by molar-refractivity contribution is 5.62. The van der Waals surface area contributed by atoms with E-state index in [4.69, 9.17) is 5.73 Å². The minimum atomic E-state index is -0.330. The average molecular weight is 267 g/mol. The zero-order valence-electron chi connectivity index (χ0n) is 11.7. The van der Waals surface area contributed by atoms with Crippen molar-refractivity contribution in [2.45, 2.75) is 39.8 Å². The highest BCUT2D eigenvalue weighted by Gasteiger charge is 2.34. The van der Waals surface area contributed by atoms with Crippen molar-refractivity contribution in [3.8, 4) is 0 Å². The molecule has 2 N–H and O–H groups in total. The Morgan fingerprint density at radius 1 is 1.63 bits per heavy atom. The molecule has 1 aromatic heterocycles. The Bertz CT molecular complexity index is 483. The van der Waals surface area contributed by atoms with E-state index in [9.17, 15) is 10.1 Å². The zero-order chi connectivity index (χ0) is 14.2. The van der Waals surface area contributed by atoms with E-state index in [0.717, 1.165) is 19.5 Å². The van der Waals surface area contributed by atoms with Gasteiger partial charge in [-0.3, -0.25) is 10.1 Å². The zero-order valence-corrected chi connectivity index (χ0v) is 11.7. The molecule has 0 amide bonds. The summed E-state index contributed by atoms with van der Waals surface area (Å²) < 4.78 is 1.72. The quantitative estimate of drug-likeness (QED) is 0.655. The van der Waals surface area contributed by atoms with Gasteiger partial charge in [-0.1, -0.05) is 0 Å². The summed E-state index contributed by atoms with van der Waals surface area (Å²) in [5.41, 5.74) is 6.54. The molecule has 1 aliphatic heterocycles. The molecule has 2 rings (SSSR count). The van der Waals surface area contributed by atoms with E-state index < -0.39 is 0 Å². The molecule has 7 nitrogen and oxygen atoms in total. The second kappa shape index (κ2) is 5.16. The van der Waals surface area contributed by atoms with Crippen molar-refractivity contribution in [1.82, 2.24) is 9.78 Å². The van der Waals surface area contributed by atoms with Gasteiger partial charge in [0, 0.05) is 25.7 Å². The number of anilines is 1. The smallest absolute Gasteiger partial charge is 0.333 e. The van der Waals surface area contributed by atoms with Gasteiger partial charge >= 0.3 is 5.69 Å². The van der Waals surface area contributed by atoms with Crippen molar-refractivity contribution in [2.24, 2.45) is 11.7 Å². The summed E-state index contributed by atoms with van der Waals surface area (Å²) in [6.45, 7) is 7.82. The Balaban J connectivity index is 2.36. The van der Waals surface area contributed by atoms with Gasteiger partial charge in [-0.05, 0) is 33.1 Å². The molecule has 7 heteroatoms. The Hall–Kier alpha value is -1.63. The standard InChI is InChI=1S/C12H21N5O2/c1-4-16-12(11(17(18)19)9(3)14-16)15-6-5-10(7-15)8(2)13/h8,10H,4-7,13H2,1-3H3. The number of aryl methyl sites for hydroxylation is 2. The van der Waals surface area contributed by atoms with Crippen LogP contribution in [0.4, 0.5) is 11.5 Å². The third-order valence-electron chi connectivity index (χ3n) is 3.82. The molecule has 0 aromatic carbocycles. The Morgan fingerprint density at radius 2 is 2.32 bits per heavy atom. The molecule has 0 aliphatic carbocycles. The Kier molecular flexibility index (Phi) is 3.75. The van der Waals surface area contributed by atoms with Crippen LogP contribution in [0.2, 0.25) is 0 Å². The monoisotopic (exact) mass is 267 g/mol. The van der Waals surface area contributed by atoms with Gasteiger partial charge in [-0.15, -0.1) is 0 Å². The summed E-state index contributed by atoms with van der Waals surface area (Å²) >= 11 is 0. The highest BCUT2D eigenvalue weighted by Crippen LogP contribution is 2.35. The summed E-state index contributed by atoms with van der Waals surface area (Å²) in [6.07, 6.45) is 0.975. The molecule has 19 heavy (non-hydrogen) atoms. The summed E-state index contributed by atoms with van der Waals surface area (Å²) in [4.78, 5) is 13.0. The fourth-order valence-electron chi connectivity index (χ4n) is 2.72. The van der Waals surface area contributed by atoms with Crippen molar-refractivity contribution in [1.29, 1.82) is 0 Å². The molecule has 0 bridgehead atoms. The topological polar surface area (TPSA) is 90.2 Å². The predicted octanol–water partition coefficient (Wildman–Crippen LogP) is 1.29. The van der Waals surface area contributed by atoms with Gasteiger partial charge in [0.15, 0.2) is 0 Å². The fourth-order valence-corrected chi connectivity index (χ4v) is 2.72. The molecule has 1 aromatic rings. The largest absolute Gasteiger partial charge is 0.351 e. The van der Waals surface area contributed by atoms with Gasteiger partial charge in [0.05, 0.1) is 4.92 Å². The number of aromatic nitrogens is 2. The van der Waals surface area contributed by atoms with Crippen LogP contribution in [-0.4, -0.2) is 33.8 Å². The Morgan fingerprint density at radius 3 is 2.79 bits per heavy atom. The molecule has 2 atom stereocenters. The molecule has 106 valence electrons. The lowest BCUT2D eigenvalue weighted by Crippen LogP contribution is -2.30. The minimum Gasteiger partial charge on any atom is -0.351 e. The van der Waals surface area contributed by atoms with Crippen LogP contribution >= 0.6 is 0 Å². The van der Waals surface area contributed by atoms with Crippen LogP contribution in [0.15, 0.2) is 0 Å². The maximum absolute atomic E-state index is 11.2. The van der Waals surface area contributed by atoms with Crippen LogP contribution in [0.1, 0.15) is 26.0 Å². The number of nitro groups is 1. The van der Waals surface area contributed by atoms with E-state index in [0.29, 0.717) is 24.0 Å². The number of nitrogens with two attached hydrogens (primary N) is 1. The molecule has 0 spiro atoms. The first-order valence-electron chi connectivity index (χ1n) is 6.68.